The Morgan fingerprint density at radius 3 is 2.52 bits per heavy atom. The highest BCUT2D eigenvalue weighted by molar-refractivity contribution is 5.92. The summed E-state index contributed by atoms with van der Waals surface area (Å²) in [5.41, 5.74) is 1.36. The van der Waals surface area contributed by atoms with Crippen LogP contribution in [-0.4, -0.2) is 28.9 Å². The maximum atomic E-state index is 12.1. The van der Waals surface area contributed by atoms with Crippen LogP contribution < -0.4 is 14.8 Å². The zero-order chi connectivity index (χ0) is 16.7. The van der Waals surface area contributed by atoms with Crippen LogP contribution in [0.25, 0.3) is 0 Å². The van der Waals surface area contributed by atoms with Gasteiger partial charge in [0.15, 0.2) is 11.5 Å². The molecule has 0 spiro atoms. The van der Waals surface area contributed by atoms with Crippen molar-refractivity contribution in [3.8, 4) is 11.5 Å². The second kappa shape index (κ2) is 8.22. The maximum absolute atomic E-state index is 12.1. The molecular weight excluding hydrogens is 294 g/mol. The molecule has 0 saturated heterocycles. The second-order valence-electron chi connectivity index (χ2n) is 4.89. The zero-order valence-corrected chi connectivity index (χ0v) is 13.8. The van der Waals surface area contributed by atoms with Gasteiger partial charge in [0.2, 0.25) is 0 Å². The number of ether oxygens (including phenoxy) is 2. The Balaban J connectivity index is 2.01. The van der Waals surface area contributed by atoms with E-state index in [1.54, 1.807) is 16.9 Å². The van der Waals surface area contributed by atoms with Gasteiger partial charge in [-0.2, -0.15) is 5.10 Å². The van der Waals surface area contributed by atoms with Gasteiger partial charge in [0.05, 0.1) is 13.2 Å². The Morgan fingerprint density at radius 2 is 1.87 bits per heavy atom. The van der Waals surface area contributed by atoms with Crippen LogP contribution in [0, 0.1) is 0 Å². The molecule has 0 unspecified atom stereocenters. The molecule has 0 fully saturated rings. The first-order chi connectivity index (χ1) is 11.2. The van der Waals surface area contributed by atoms with E-state index in [9.17, 15) is 4.79 Å². The summed E-state index contributed by atoms with van der Waals surface area (Å²) < 4.78 is 12.8. The molecule has 124 valence electrons. The third-order valence-electron chi connectivity index (χ3n) is 3.26. The van der Waals surface area contributed by atoms with Crippen LogP contribution in [0.15, 0.2) is 30.5 Å². The fourth-order valence-corrected chi connectivity index (χ4v) is 2.14. The topological polar surface area (TPSA) is 65.4 Å². The summed E-state index contributed by atoms with van der Waals surface area (Å²) >= 11 is 0. The van der Waals surface area contributed by atoms with Crippen LogP contribution >= 0.6 is 0 Å². The molecule has 1 heterocycles. The van der Waals surface area contributed by atoms with E-state index >= 15 is 0 Å². The van der Waals surface area contributed by atoms with Gasteiger partial charge in [0.1, 0.15) is 5.69 Å². The van der Waals surface area contributed by atoms with Crippen LogP contribution in [-0.2, 0) is 13.1 Å². The predicted octanol–water partition coefficient (Wildman–Crippen LogP) is 2.63. The van der Waals surface area contributed by atoms with Crippen molar-refractivity contribution in [2.45, 2.75) is 33.9 Å². The van der Waals surface area contributed by atoms with E-state index in [4.69, 9.17) is 9.47 Å². The van der Waals surface area contributed by atoms with Crippen LogP contribution in [0.3, 0.4) is 0 Å². The Hall–Kier alpha value is -2.50. The smallest absolute Gasteiger partial charge is 0.272 e. The molecule has 0 aliphatic carbocycles. The van der Waals surface area contributed by atoms with Gasteiger partial charge in [0.25, 0.3) is 5.91 Å². The number of hydrogen-bond acceptors (Lipinski definition) is 4. The van der Waals surface area contributed by atoms with E-state index in [2.05, 4.69) is 10.4 Å². The lowest BCUT2D eigenvalue weighted by molar-refractivity contribution is 0.0945. The molecule has 0 saturated carbocycles. The molecule has 23 heavy (non-hydrogen) atoms. The highest BCUT2D eigenvalue weighted by Crippen LogP contribution is 2.28. The average molecular weight is 317 g/mol. The van der Waals surface area contributed by atoms with E-state index in [-0.39, 0.29) is 5.91 Å². The van der Waals surface area contributed by atoms with Crippen LogP contribution in [0.5, 0.6) is 11.5 Å². The molecule has 0 bridgehead atoms. The van der Waals surface area contributed by atoms with Crippen molar-refractivity contribution in [3.05, 3.63) is 41.7 Å². The third kappa shape index (κ3) is 4.48. The molecule has 2 aromatic rings. The predicted molar refractivity (Wildman–Crippen MR) is 87.9 cm³/mol. The van der Waals surface area contributed by atoms with Gasteiger partial charge >= 0.3 is 0 Å². The number of benzene rings is 1. The summed E-state index contributed by atoms with van der Waals surface area (Å²) in [5.74, 6) is 1.21. The molecule has 6 nitrogen and oxygen atoms in total. The number of amides is 1. The number of aromatic nitrogens is 2. The van der Waals surface area contributed by atoms with Crippen molar-refractivity contribution in [2.75, 3.05) is 13.2 Å². The molecule has 0 aliphatic rings. The van der Waals surface area contributed by atoms with Crippen LogP contribution in [0.1, 0.15) is 36.8 Å². The second-order valence-corrected chi connectivity index (χ2v) is 4.89. The molecule has 0 radical (unpaired) electrons. The number of aryl methyl sites for hydroxylation is 1. The lowest BCUT2D eigenvalue weighted by Crippen LogP contribution is -2.23. The Labute approximate surface area is 136 Å². The molecule has 1 aromatic carbocycles. The van der Waals surface area contributed by atoms with Crippen LogP contribution in [0.4, 0.5) is 0 Å². The van der Waals surface area contributed by atoms with Gasteiger partial charge in [-0.05, 0) is 44.5 Å². The van der Waals surface area contributed by atoms with Crippen molar-refractivity contribution in [3.63, 3.8) is 0 Å². The van der Waals surface area contributed by atoms with Gasteiger partial charge in [-0.25, -0.2) is 0 Å². The third-order valence-corrected chi connectivity index (χ3v) is 3.26. The molecule has 6 heteroatoms. The average Bonchev–Trinajstić information content (AvgIpc) is 3.04. The molecule has 0 aliphatic heterocycles. The summed E-state index contributed by atoms with van der Waals surface area (Å²) in [6, 6.07) is 7.38. The molecule has 1 N–H and O–H groups in total. The number of nitrogens with zero attached hydrogens (tertiary/aromatic N) is 2. The summed E-state index contributed by atoms with van der Waals surface area (Å²) in [6.45, 7) is 8.12. The van der Waals surface area contributed by atoms with E-state index < -0.39 is 0 Å². The minimum atomic E-state index is -0.191. The Kier molecular flexibility index (Phi) is 6.02. The normalized spacial score (nSPS) is 10.4. The standard InChI is InChI=1S/C17H23N3O3/c1-4-20-10-9-14(19-20)17(21)18-12-13-7-8-15(22-5-2)16(11-13)23-6-3/h7-11H,4-6,12H2,1-3H3,(H,18,21). The van der Waals surface area contributed by atoms with E-state index in [0.29, 0.717) is 37.0 Å². The summed E-state index contributed by atoms with van der Waals surface area (Å²) in [6.07, 6.45) is 1.79. The molecule has 0 atom stereocenters. The van der Waals surface area contributed by atoms with E-state index in [1.807, 2.05) is 39.0 Å². The fourth-order valence-electron chi connectivity index (χ4n) is 2.14. The first-order valence-corrected chi connectivity index (χ1v) is 7.88. The molecular formula is C17H23N3O3. The van der Waals surface area contributed by atoms with Crippen molar-refractivity contribution >= 4 is 5.91 Å². The first-order valence-electron chi connectivity index (χ1n) is 7.88. The number of nitrogens with one attached hydrogen (secondary N) is 1. The summed E-state index contributed by atoms with van der Waals surface area (Å²) in [7, 11) is 0. The lowest BCUT2D eigenvalue weighted by Gasteiger charge is -2.12. The highest BCUT2D eigenvalue weighted by atomic mass is 16.5. The zero-order valence-electron chi connectivity index (χ0n) is 13.8. The Morgan fingerprint density at radius 1 is 1.13 bits per heavy atom. The van der Waals surface area contributed by atoms with Crippen molar-refractivity contribution < 1.29 is 14.3 Å². The molecule has 1 amide bonds. The quantitative estimate of drug-likeness (QED) is 0.813. The van der Waals surface area contributed by atoms with Gasteiger partial charge in [-0.1, -0.05) is 6.07 Å². The first kappa shape index (κ1) is 16.9. The number of hydrogen-bond donors (Lipinski definition) is 1. The largest absolute Gasteiger partial charge is 0.490 e. The van der Waals surface area contributed by atoms with Gasteiger partial charge in [0, 0.05) is 19.3 Å². The van der Waals surface area contributed by atoms with E-state index in [0.717, 1.165) is 12.1 Å². The fraction of sp³-hybridized carbons (Fsp3) is 0.412. The van der Waals surface area contributed by atoms with Gasteiger partial charge < -0.3 is 14.8 Å². The number of carbonyl (C=O) groups excluding carboxylic acids is 1. The SMILES string of the molecule is CCOc1ccc(CNC(=O)c2ccn(CC)n2)cc1OCC. The highest BCUT2D eigenvalue weighted by Gasteiger charge is 2.10. The van der Waals surface area contributed by atoms with E-state index in [1.165, 1.54) is 0 Å². The van der Waals surface area contributed by atoms with Gasteiger partial charge in [-0.3, -0.25) is 9.48 Å². The molecule has 1 aromatic heterocycles. The number of carbonyl (C=O) groups is 1. The summed E-state index contributed by atoms with van der Waals surface area (Å²) in [4.78, 5) is 12.1. The molecule has 2 rings (SSSR count). The van der Waals surface area contributed by atoms with Crippen molar-refractivity contribution in [1.29, 1.82) is 0 Å². The Bertz CT molecular complexity index is 652. The number of rotatable bonds is 8. The lowest BCUT2D eigenvalue weighted by atomic mass is 10.2. The maximum Gasteiger partial charge on any atom is 0.272 e. The van der Waals surface area contributed by atoms with Crippen LogP contribution in [0.2, 0.25) is 0 Å². The van der Waals surface area contributed by atoms with Crippen molar-refractivity contribution in [1.82, 2.24) is 15.1 Å². The van der Waals surface area contributed by atoms with Gasteiger partial charge in [-0.15, -0.1) is 0 Å². The summed E-state index contributed by atoms with van der Waals surface area (Å²) in [5, 5.41) is 7.05. The minimum absolute atomic E-state index is 0.191. The monoisotopic (exact) mass is 317 g/mol. The van der Waals surface area contributed by atoms with Crippen molar-refractivity contribution in [2.24, 2.45) is 0 Å². The minimum Gasteiger partial charge on any atom is -0.490 e.